The average molecular weight is 239 g/mol. The first kappa shape index (κ1) is 11.8. The lowest BCUT2D eigenvalue weighted by Crippen LogP contribution is -2.24. The van der Waals surface area contributed by atoms with Gasteiger partial charge in [-0.3, -0.25) is 5.10 Å². The highest BCUT2D eigenvalue weighted by molar-refractivity contribution is 7.71. The van der Waals surface area contributed by atoms with Gasteiger partial charge in [-0.15, -0.1) is 0 Å². The van der Waals surface area contributed by atoms with Crippen LogP contribution in [-0.2, 0) is 13.0 Å². The average Bonchev–Trinajstić information content (AvgIpc) is 2.89. The highest BCUT2D eigenvalue weighted by atomic mass is 32.1. The second kappa shape index (κ2) is 4.70. The Morgan fingerprint density at radius 3 is 2.62 bits per heavy atom. The van der Waals surface area contributed by atoms with Gasteiger partial charge in [0.2, 0.25) is 0 Å². The molecule has 1 aromatic rings. The van der Waals surface area contributed by atoms with Crippen molar-refractivity contribution in [3.05, 3.63) is 10.6 Å². The number of aromatic amines is 1. The number of nitrogens with zero attached hydrogens (tertiary/aromatic N) is 2. The standard InChI is InChI=1S/C12H21N3S/c1-3-10-13-14-11(16)15(10)9-12(4-2)7-5-6-8-12/h3-9H2,1-2H3,(H,14,16). The summed E-state index contributed by atoms with van der Waals surface area (Å²) in [5.41, 5.74) is 0.478. The van der Waals surface area contributed by atoms with Gasteiger partial charge in [-0.25, -0.2) is 0 Å². The third kappa shape index (κ3) is 2.08. The van der Waals surface area contributed by atoms with Crippen molar-refractivity contribution in [2.75, 3.05) is 0 Å². The van der Waals surface area contributed by atoms with E-state index in [1.54, 1.807) is 0 Å². The van der Waals surface area contributed by atoms with Gasteiger partial charge in [0.25, 0.3) is 0 Å². The number of hydrogen-bond donors (Lipinski definition) is 1. The van der Waals surface area contributed by atoms with Gasteiger partial charge in [0.05, 0.1) is 0 Å². The first-order chi connectivity index (χ1) is 7.71. The van der Waals surface area contributed by atoms with Crippen molar-refractivity contribution >= 4 is 12.2 Å². The van der Waals surface area contributed by atoms with E-state index in [1.165, 1.54) is 32.1 Å². The highest BCUT2D eigenvalue weighted by Crippen LogP contribution is 2.42. The van der Waals surface area contributed by atoms with E-state index >= 15 is 0 Å². The van der Waals surface area contributed by atoms with E-state index in [0.717, 1.165) is 23.6 Å². The van der Waals surface area contributed by atoms with E-state index < -0.39 is 0 Å². The zero-order valence-electron chi connectivity index (χ0n) is 10.3. The molecule has 1 aliphatic rings. The van der Waals surface area contributed by atoms with E-state index in [1.807, 2.05) is 0 Å². The van der Waals surface area contributed by atoms with Gasteiger partial charge >= 0.3 is 0 Å². The minimum atomic E-state index is 0.478. The van der Waals surface area contributed by atoms with E-state index in [0.29, 0.717) is 5.41 Å². The maximum absolute atomic E-state index is 5.32. The Balaban J connectivity index is 2.24. The fourth-order valence-corrected chi connectivity index (χ4v) is 3.08. The number of nitrogens with one attached hydrogen (secondary N) is 1. The molecular weight excluding hydrogens is 218 g/mol. The molecule has 1 N–H and O–H groups in total. The predicted molar refractivity (Wildman–Crippen MR) is 68.0 cm³/mol. The van der Waals surface area contributed by atoms with Crippen LogP contribution in [0.4, 0.5) is 0 Å². The maximum atomic E-state index is 5.32. The summed E-state index contributed by atoms with van der Waals surface area (Å²) in [6, 6.07) is 0. The normalized spacial score (nSPS) is 19.1. The minimum Gasteiger partial charge on any atom is -0.304 e. The van der Waals surface area contributed by atoms with Crippen LogP contribution in [0.5, 0.6) is 0 Å². The molecule has 0 bridgehead atoms. The second-order valence-electron chi connectivity index (χ2n) is 4.95. The van der Waals surface area contributed by atoms with Crippen LogP contribution in [0.3, 0.4) is 0 Å². The lowest BCUT2D eigenvalue weighted by Gasteiger charge is -2.28. The van der Waals surface area contributed by atoms with Crippen LogP contribution in [0.15, 0.2) is 0 Å². The number of H-pyrrole nitrogens is 1. The van der Waals surface area contributed by atoms with Gasteiger partial charge in [-0.1, -0.05) is 26.7 Å². The summed E-state index contributed by atoms with van der Waals surface area (Å²) in [5.74, 6) is 1.10. The van der Waals surface area contributed by atoms with Crippen molar-refractivity contribution in [1.82, 2.24) is 14.8 Å². The Labute approximate surface area is 102 Å². The smallest absolute Gasteiger partial charge is 0.195 e. The van der Waals surface area contributed by atoms with Gasteiger partial charge in [-0.2, -0.15) is 5.10 Å². The van der Waals surface area contributed by atoms with Crippen molar-refractivity contribution in [2.24, 2.45) is 5.41 Å². The largest absolute Gasteiger partial charge is 0.304 e. The van der Waals surface area contributed by atoms with Crippen LogP contribution in [0, 0.1) is 10.2 Å². The summed E-state index contributed by atoms with van der Waals surface area (Å²) in [6.45, 7) is 5.50. The Bertz CT molecular complexity index is 399. The summed E-state index contributed by atoms with van der Waals surface area (Å²) >= 11 is 5.32. The number of rotatable bonds is 4. The molecule has 3 nitrogen and oxygen atoms in total. The molecule has 0 spiro atoms. The fraction of sp³-hybridized carbons (Fsp3) is 0.833. The van der Waals surface area contributed by atoms with E-state index in [2.05, 4.69) is 28.6 Å². The van der Waals surface area contributed by atoms with Gasteiger partial charge in [0.1, 0.15) is 5.82 Å². The Morgan fingerprint density at radius 2 is 2.06 bits per heavy atom. The number of hydrogen-bond acceptors (Lipinski definition) is 2. The van der Waals surface area contributed by atoms with Gasteiger partial charge in [0.15, 0.2) is 4.77 Å². The Morgan fingerprint density at radius 1 is 1.38 bits per heavy atom. The number of aromatic nitrogens is 3. The zero-order chi connectivity index (χ0) is 11.6. The van der Waals surface area contributed by atoms with Gasteiger partial charge in [-0.05, 0) is 36.9 Å². The Kier molecular flexibility index (Phi) is 3.47. The molecule has 1 aliphatic carbocycles. The molecule has 1 saturated carbocycles. The summed E-state index contributed by atoms with van der Waals surface area (Å²) in [4.78, 5) is 0. The van der Waals surface area contributed by atoms with Crippen molar-refractivity contribution in [2.45, 2.75) is 58.9 Å². The summed E-state index contributed by atoms with van der Waals surface area (Å²) in [6.07, 6.45) is 7.65. The summed E-state index contributed by atoms with van der Waals surface area (Å²) in [5, 5.41) is 7.21. The van der Waals surface area contributed by atoms with Crippen LogP contribution < -0.4 is 0 Å². The molecule has 90 valence electrons. The highest BCUT2D eigenvalue weighted by Gasteiger charge is 2.33. The molecule has 1 heterocycles. The topological polar surface area (TPSA) is 33.6 Å². The van der Waals surface area contributed by atoms with Gasteiger partial charge in [0, 0.05) is 13.0 Å². The fourth-order valence-electron chi connectivity index (χ4n) is 2.87. The predicted octanol–water partition coefficient (Wildman–Crippen LogP) is 3.47. The molecule has 0 aliphatic heterocycles. The summed E-state index contributed by atoms with van der Waals surface area (Å²) < 4.78 is 3.00. The van der Waals surface area contributed by atoms with E-state index in [4.69, 9.17) is 12.2 Å². The zero-order valence-corrected chi connectivity index (χ0v) is 11.1. The van der Waals surface area contributed by atoms with E-state index in [9.17, 15) is 0 Å². The summed E-state index contributed by atoms with van der Waals surface area (Å²) in [7, 11) is 0. The van der Waals surface area contributed by atoms with Crippen LogP contribution >= 0.6 is 12.2 Å². The molecule has 16 heavy (non-hydrogen) atoms. The molecule has 0 unspecified atom stereocenters. The van der Waals surface area contributed by atoms with Crippen LogP contribution in [0.25, 0.3) is 0 Å². The molecule has 0 radical (unpaired) electrons. The lowest BCUT2D eigenvalue weighted by molar-refractivity contribution is 0.233. The van der Waals surface area contributed by atoms with Crippen LogP contribution in [0.1, 0.15) is 51.8 Å². The van der Waals surface area contributed by atoms with Crippen LogP contribution in [0.2, 0.25) is 0 Å². The van der Waals surface area contributed by atoms with Crippen molar-refractivity contribution < 1.29 is 0 Å². The molecule has 4 heteroatoms. The maximum Gasteiger partial charge on any atom is 0.195 e. The molecule has 0 atom stereocenters. The van der Waals surface area contributed by atoms with Crippen molar-refractivity contribution in [1.29, 1.82) is 0 Å². The lowest BCUT2D eigenvalue weighted by atomic mass is 9.83. The molecule has 0 aromatic carbocycles. The van der Waals surface area contributed by atoms with Crippen molar-refractivity contribution in [3.63, 3.8) is 0 Å². The molecule has 0 amide bonds. The molecule has 1 fully saturated rings. The van der Waals surface area contributed by atoms with Gasteiger partial charge < -0.3 is 4.57 Å². The number of aryl methyl sites for hydroxylation is 1. The third-order valence-corrected chi connectivity index (χ3v) is 4.37. The minimum absolute atomic E-state index is 0.478. The first-order valence-corrected chi connectivity index (χ1v) is 6.76. The van der Waals surface area contributed by atoms with Crippen LogP contribution in [-0.4, -0.2) is 14.8 Å². The van der Waals surface area contributed by atoms with E-state index in [-0.39, 0.29) is 0 Å². The first-order valence-electron chi connectivity index (χ1n) is 6.35. The second-order valence-corrected chi connectivity index (χ2v) is 5.33. The third-order valence-electron chi connectivity index (χ3n) is 4.06. The molecule has 0 saturated heterocycles. The Hall–Kier alpha value is -0.640. The molecule has 1 aromatic heterocycles. The monoisotopic (exact) mass is 239 g/mol. The molecular formula is C12H21N3S. The molecule has 2 rings (SSSR count). The quantitative estimate of drug-likeness (QED) is 0.816. The van der Waals surface area contributed by atoms with Crippen molar-refractivity contribution in [3.8, 4) is 0 Å². The SMILES string of the molecule is CCc1n[nH]c(=S)n1CC1(CC)CCCC1.